The van der Waals surface area contributed by atoms with E-state index in [9.17, 15) is 4.79 Å². The Hall–Kier alpha value is -3.81. The first-order valence-corrected chi connectivity index (χ1v) is 9.80. The summed E-state index contributed by atoms with van der Waals surface area (Å²) in [5, 5.41) is 8.75. The van der Waals surface area contributed by atoms with Crippen molar-refractivity contribution in [2.75, 3.05) is 6.54 Å². The summed E-state index contributed by atoms with van der Waals surface area (Å²) in [6, 6.07) is 13.5. The largest absolute Gasteiger partial charge is 0.334 e. The Morgan fingerprint density at radius 1 is 1.13 bits per heavy atom. The molecule has 0 spiro atoms. The molecule has 0 N–H and O–H groups in total. The van der Waals surface area contributed by atoms with Gasteiger partial charge in [0.15, 0.2) is 11.5 Å². The lowest BCUT2D eigenvalue weighted by Gasteiger charge is -2.27. The van der Waals surface area contributed by atoms with Crippen molar-refractivity contribution < 1.29 is 9.32 Å². The van der Waals surface area contributed by atoms with Crippen LogP contribution in [0, 0.1) is 0 Å². The molecular weight excluding hydrogens is 380 g/mol. The maximum Gasteiger partial charge on any atom is 0.278 e. The van der Waals surface area contributed by atoms with Gasteiger partial charge in [-0.2, -0.15) is 10.1 Å². The number of carbonyl (C=O) groups excluding carboxylic acids is 1. The SMILES string of the molecule is Cn1nc(-c2nc(Cc3ccccc3)no2)c2c1CCN(C(=O)c1ccncc1)C2. The minimum absolute atomic E-state index is 0.0202. The van der Waals surface area contributed by atoms with Gasteiger partial charge in [-0.3, -0.25) is 14.5 Å². The molecule has 0 aliphatic carbocycles. The van der Waals surface area contributed by atoms with Crippen LogP contribution in [-0.4, -0.2) is 42.3 Å². The molecule has 0 bridgehead atoms. The number of hydrogen-bond donors (Lipinski definition) is 0. The Morgan fingerprint density at radius 3 is 2.73 bits per heavy atom. The third-order valence-electron chi connectivity index (χ3n) is 5.33. The third-order valence-corrected chi connectivity index (χ3v) is 5.33. The van der Waals surface area contributed by atoms with E-state index in [1.54, 1.807) is 24.5 Å². The molecule has 0 saturated heterocycles. The highest BCUT2D eigenvalue weighted by atomic mass is 16.5. The molecule has 5 rings (SSSR count). The fourth-order valence-electron chi connectivity index (χ4n) is 3.81. The van der Waals surface area contributed by atoms with Crippen molar-refractivity contribution in [3.63, 3.8) is 0 Å². The zero-order chi connectivity index (χ0) is 20.5. The molecule has 150 valence electrons. The van der Waals surface area contributed by atoms with Gasteiger partial charge in [0.25, 0.3) is 11.8 Å². The molecule has 0 unspecified atom stereocenters. The van der Waals surface area contributed by atoms with Crippen LogP contribution < -0.4 is 0 Å². The Labute approximate surface area is 173 Å². The van der Waals surface area contributed by atoms with Gasteiger partial charge in [0.05, 0.1) is 6.54 Å². The molecule has 4 aromatic rings. The van der Waals surface area contributed by atoms with Crippen LogP contribution in [0.3, 0.4) is 0 Å². The van der Waals surface area contributed by atoms with Gasteiger partial charge < -0.3 is 9.42 Å². The number of fused-ring (bicyclic) bond motifs is 1. The van der Waals surface area contributed by atoms with E-state index in [0.29, 0.717) is 42.5 Å². The van der Waals surface area contributed by atoms with Gasteiger partial charge in [-0.25, -0.2) is 0 Å². The maximum atomic E-state index is 12.9. The number of rotatable bonds is 4. The summed E-state index contributed by atoms with van der Waals surface area (Å²) in [7, 11) is 1.91. The second kappa shape index (κ2) is 7.55. The predicted molar refractivity (Wildman–Crippen MR) is 108 cm³/mol. The van der Waals surface area contributed by atoms with E-state index >= 15 is 0 Å². The van der Waals surface area contributed by atoms with E-state index in [4.69, 9.17) is 4.52 Å². The van der Waals surface area contributed by atoms with Gasteiger partial charge in [-0.15, -0.1) is 0 Å². The van der Waals surface area contributed by atoms with E-state index in [0.717, 1.165) is 23.2 Å². The van der Waals surface area contributed by atoms with E-state index < -0.39 is 0 Å². The standard InChI is InChI=1S/C22H20N6O2/c1-27-18-9-12-28(22(29)16-7-10-23-11-8-16)14-17(18)20(25-27)21-24-19(26-30-21)13-15-5-3-2-4-6-15/h2-8,10-11H,9,12-14H2,1H3. The van der Waals surface area contributed by atoms with Gasteiger partial charge >= 0.3 is 0 Å². The van der Waals surface area contributed by atoms with Crippen molar-refractivity contribution in [3.05, 3.63) is 83.1 Å². The van der Waals surface area contributed by atoms with Crippen LogP contribution in [0.15, 0.2) is 59.4 Å². The van der Waals surface area contributed by atoms with E-state index in [1.165, 1.54) is 0 Å². The van der Waals surface area contributed by atoms with Crippen molar-refractivity contribution in [2.24, 2.45) is 7.05 Å². The molecule has 1 aliphatic heterocycles. The Balaban J connectivity index is 1.42. The second-order valence-corrected chi connectivity index (χ2v) is 7.29. The maximum absolute atomic E-state index is 12.9. The summed E-state index contributed by atoms with van der Waals surface area (Å²) in [5.41, 5.74) is 4.43. The number of aromatic nitrogens is 5. The van der Waals surface area contributed by atoms with Gasteiger partial charge in [0, 0.05) is 55.6 Å². The minimum Gasteiger partial charge on any atom is -0.334 e. The van der Waals surface area contributed by atoms with E-state index in [-0.39, 0.29) is 5.91 Å². The summed E-state index contributed by atoms with van der Waals surface area (Å²) < 4.78 is 7.38. The first-order chi connectivity index (χ1) is 14.7. The molecule has 3 aromatic heterocycles. The van der Waals surface area contributed by atoms with Crippen molar-refractivity contribution in [1.82, 2.24) is 29.8 Å². The van der Waals surface area contributed by atoms with Gasteiger partial charge in [-0.05, 0) is 17.7 Å². The Kier molecular flexibility index (Phi) is 4.59. The quantitative estimate of drug-likeness (QED) is 0.523. The summed E-state index contributed by atoms with van der Waals surface area (Å²) >= 11 is 0. The number of carbonyl (C=O) groups is 1. The molecule has 4 heterocycles. The van der Waals surface area contributed by atoms with Crippen LogP contribution >= 0.6 is 0 Å². The molecular formula is C22H20N6O2. The molecule has 1 aromatic carbocycles. The molecule has 0 saturated carbocycles. The fraction of sp³-hybridized carbons (Fsp3) is 0.227. The highest BCUT2D eigenvalue weighted by molar-refractivity contribution is 5.94. The molecule has 0 atom stereocenters. The first kappa shape index (κ1) is 18.2. The summed E-state index contributed by atoms with van der Waals surface area (Å²) in [5.74, 6) is 0.972. The van der Waals surface area contributed by atoms with Gasteiger partial charge in [0.1, 0.15) is 0 Å². The zero-order valence-electron chi connectivity index (χ0n) is 16.5. The fourth-order valence-corrected chi connectivity index (χ4v) is 3.81. The average Bonchev–Trinajstić information content (AvgIpc) is 3.38. The minimum atomic E-state index is -0.0202. The van der Waals surface area contributed by atoms with Crippen LogP contribution in [-0.2, 0) is 26.4 Å². The average molecular weight is 400 g/mol. The van der Waals surface area contributed by atoms with Gasteiger partial charge in [0.2, 0.25) is 0 Å². The van der Waals surface area contributed by atoms with Gasteiger partial charge in [-0.1, -0.05) is 35.5 Å². The molecule has 1 amide bonds. The summed E-state index contributed by atoms with van der Waals surface area (Å²) in [6.07, 6.45) is 4.57. The lowest BCUT2D eigenvalue weighted by atomic mass is 10.0. The van der Waals surface area contributed by atoms with E-state index in [1.807, 2.05) is 47.0 Å². The van der Waals surface area contributed by atoms with Crippen molar-refractivity contribution in [2.45, 2.75) is 19.4 Å². The van der Waals surface area contributed by atoms with E-state index in [2.05, 4.69) is 20.2 Å². The Bertz CT molecular complexity index is 1180. The third kappa shape index (κ3) is 3.36. The number of nitrogens with zero attached hydrogens (tertiary/aromatic N) is 6. The van der Waals surface area contributed by atoms with Crippen molar-refractivity contribution in [1.29, 1.82) is 0 Å². The molecule has 0 fully saturated rings. The normalized spacial score (nSPS) is 13.3. The van der Waals surface area contributed by atoms with Crippen molar-refractivity contribution in [3.8, 4) is 11.6 Å². The molecule has 8 nitrogen and oxygen atoms in total. The van der Waals surface area contributed by atoms with Crippen LogP contribution in [0.4, 0.5) is 0 Å². The highest BCUT2D eigenvalue weighted by Crippen LogP contribution is 2.29. The lowest BCUT2D eigenvalue weighted by Crippen LogP contribution is -2.36. The monoisotopic (exact) mass is 400 g/mol. The topological polar surface area (TPSA) is 89.9 Å². The predicted octanol–water partition coefficient (Wildman–Crippen LogP) is 2.65. The summed E-state index contributed by atoms with van der Waals surface area (Å²) in [4.78, 5) is 23.3. The van der Waals surface area contributed by atoms with Crippen LogP contribution in [0.1, 0.15) is 33.0 Å². The lowest BCUT2D eigenvalue weighted by molar-refractivity contribution is 0.0733. The second-order valence-electron chi connectivity index (χ2n) is 7.29. The van der Waals surface area contributed by atoms with Crippen LogP contribution in [0.5, 0.6) is 0 Å². The molecule has 8 heteroatoms. The molecule has 30 heavy (non-hydrogen) atoms. The number of aryl methyl sites for hydroxylation is 1. The number of pyridine rings is 1. The Morgan fingerprint density at radius 2 is 1.93 bits per heavy atom. The van der Waals surface area contributed by atoms with Crippen LogP contribution in [0.25, 0.3) is 11.6 Å². The number of amides is 1. The smallest absolute Gasteiger partial charge is 0.278 e. The van der Waals surface area contributed by atoms with Crippen LogP contribution in [0.2, 0.25) is 0 Å². The number of benzene rings is 1. The zero-order valence-corrected chi connectivity index (χ0v) is 16.5. The molecule has 0 radical (unpaired) electrons. The van der Waals surface area contributed by atoms with Crippen molar-refractivity contribution >= 4 is 5.91 Å². The molecule has 1 aliphatic rings. The highest BCUT2D eigenvalue weighted by Gasteiger charge is 2.29. The number of hydrogen-bond acceptors (Lipinski definition) is 6. The summed E-state index contributed by atoms with van der Waals surface area (Å²) in [6.45, 7) is 1.09. The first-order valence-electron chi connectivity index (χ1n) is 9.80.